The van der Waals surface area contributed by atoms with Gasteiger partial charge in [-0.3, -0.25) is 4.79 Å². The van der Waals surface area contributed by atoms with E-state index in [4.69, 9.17) is 0 Å². The van der Waals surface area contributed by atoms with Gasteiger partial charge >= 0.3 is 0 Å². The highest BCUT2D eigenvalue weighted by molar-refractivity contribution is 5.85. The van der Waals surface area contributed by atoms with Gasteiger partial charge in [0.1, 0.15) is 0 Å². The highest BCUT2D eigenvalue weighted by atomic mass is 35.5. The minimum Gasteiger partial charge on any atom is -0.342 e. The molecule has 0 spiro atoms. The smallest absolute Gasteiger partial charge is 0.225 e. The molecule has 2 unspecified atom stereocenters. The lowest BCUT2D eigenvalue weighted by Gasteiger charge is -2.19. The van der Waals surface area contributed by atoms with Crippen molar-refractivity contribution in [2.45, 2.75) is 13.8 Å². The molecule has 0 aliphatic carbocycles. The summed E-state index contributed by atoms with van der Waals surface area (Å²) in [6.07, 6.45) is 0. The first-order valence-electron chi connectivity index (χ1n) is 5.18. The summed E-state index contributed by atoms with van der Waals surface area (Å²) in [6.45, 7) is 8.13. The van der Waals surface area contributed by atoms with E-state index in [1.54, 1.807) is 0 Å². The van der Waals surface area contributed by atoms with Gasteiger partial charge in [-0.2, -0.15) is 0 Å². The largest absolute Gasteiger partial charge is 0.342 e. The fraction of sp³-hybridized carbons (Fsp3) is 0.900. The first-order chi connectivity index (χ1) is 6.18. The van der Waals surface area contributed by atoms with Crippen LogP contribution in [-0.4, -0.2) is 37.0 Å². The van der Waals surface area contributed by atoms with E-state index < -0.39 is 0 Å². The van der Waals surface area contributed by atoms with Crippen LogP contribution in [0.15, 0.2) is 0 Å². The van der Waals surface area contributed by atoms with Gasteiger partial charge in [0, 0.05) is 32.1 Å². The molecule has 2 saturated heterocycles. The molecule has 2 aliphatic heterocycles. The summed E-state index contributed by atoms with van der Waals surface area (Å²) >= 11 is 0. The molecule has 2 heterocycles. The van der Waals surface area contributed by atoms with Crippen molar-refractivity contribution in [2.24, 2.45) is 17.8 Å². The van der Waals surface area contributed by atoms with E-state index in [0.717, 1.165) is 38.0 Å². The summed E-state index contributed by atoms with van der Waals surface area (Å²) in [5.41, 5.74) is 0. The minimum absolute atomic E-state index is 0. The molecule has 0 bridgehead atoms. The minimum atomic E-state index is 0. The third-order valence-electron chi connectivity index (χ3n) is 3.20. The molecule has 3 nitrogen and oxygen atoms in total. The Morgan fingerprint density at radius 2 is 1.79 bits per heavy atom. The second kappa shape index (κ2) is 4.49. The number of halogens is 1. The maximum Gasteiger partial charge on any atom is 0.225 e. The van der Waals surface area contributed by atoms with Gasteiger partial charge in [-0.1, -0.05) is 13.8 Å². The van der Waals surface area contributed by atoms with Crippen LogP contribution in [0, 0.1) is 17.8 Å². The Balaban J connectivity index is 0.000000980. The van der Waals surface area contributed by atoms with Gasteiger partial charge in [-0.25, -0.2) is 0 Å². The van der Waals surface area contributed by atoms with Gasteiger partial charge in [0.15, 0.2) is 0 Å². The van der Waals surface area contributed by atoms with Gasteiger partial charge in [0.25, 0.3) is 0 Å². The Morgan fingerprint density at radius 1 is 1.29 bits per heavy atom. The highest BCUT2D eigenvalue weighted by Gasteiger charge is 2.38. The van der Waals surface area contributed by atoms with Crippen molar-refractivity contribution in [3.05, 3.63) is 0 Å². The third-order valence-corrected chi connectivity index (χ3v) is 3.20. The molecule has 1 amide bonds. The SMILES string of the molecule is CC(C)C(=O)N1CC2CNCC2C1.Cl. The highest BCUT2D eigenvalue weighted by Crippen LogP contribution is 2.27. The van der Waals surface area contributed by atoms with Crippen LogP contribution in [0.5, 0.6) is 0 Å². The number of amides is 1. The molecule has 82 valence electrons. The van der Waals surface area contributed by atoms with E-state index in [1.807, 2.05) is 18.7 Å². The number of nitrogens with one attached hydrogen (secondary N) is 1. The standard InChI is InChI=1S/C10H18N2O.ClH/c1-7(2)10(13)12-5-8-3-11-4-9(8)6-12;/h7-9,11H,3-6H2,1-2H3;1H. The monoisotopic (exact) mass is 218 g/mol. The number of hydrogen-bond acceptors (Lipinski definition) is 2. The molecule has 2 atom stereocenters. The van der Waals surface area contributed by atoms with Crippen molar-refractivity contribution < 1.29 is 4.79 Å². The van der Waals surface area contributed by atoms with Crippen molar-refractivity contribution in [1.29, 1.82) is 0 Å². The Bertz CT molecular complexity index is 208. The fourth-order valence-electron chi connectivity index (χ4n) is 2.40. The average Bonchev–Trinajstić information content (AvgIpc) is 2.59. The van der Waals surface area contributed by atoms with Gasteiger partial charge in [0.2, 0.25) is 5.91 Å². The zero-order chi connectivity index (χ0) is 9.42. The van der Waals surface area contributed by atoms with Crippen molar-refractivity contribution >= 4 is 18.3 Å². The predicted molar refractivity (Wildman–Crippen MR) is 58.5 cm³/mol. The Morgan fingerprint density at radius 3 is 2.21 bits per heavy atom. The van der Waals surface area contributed by atoms with Crippen LogP contribution in [0.25, 0.3) is 0 Å². The maximum absolute atomic E-state index is 11.7. The molecule has 0 saturated carbocycles. The molecule has 14 heavy (non-hydrogen) atoms. The number of hydrogen-bond donors (Lipinski definition) is 1. The third kappa shape index (κ3) is 2.04. The van der Waals surface area contributed by atoms with E-state index in [1.165, 1.54) is 0 Å². The van der Waals surface area contributed by atoms with Crippen LogP contribution >= 0.6 is 12.4 Å². The molecule has 4 heteroatoms. The number of carbonyl (C=O) groups excluding carboxylic acids is 1. The van der Waals surface area contributed by atoms with Gasteiger partial charge < -0.3 is 10.2 Å². The topological polar surface area (TPSA) is 32.3 Å². The molecule has 2 fully saturated rings. The lowest BCUT2D eigenvalue weighted by atomic mass is 10.0. The van der Waals surface area contributed by atoms with Crippen molar-refractivity contribution in [2.75, 3.05) is 26.2 Å². The van der Waals surface area contributed by atoms with Crippen LogP contribution in [-0.2, 0) is 4.79 Å². The van der Waals surface area contributed by atoms with Crippen LogP contribution in [0.1, 0.15) is 13.8 Å². The Kier molecular flexibility index (Phi) is 3.78. The predicted octanol–water partition coefficient (Wildman–Crippen LogP) is 0.742. The Labute approximate surface area is 91.6 Å². The fourth-order valence-corrected chi connectivity index (χ4v) is 2.40. The number of fused-ring (bicyclic) bond motifs is 1. The molecule has 1 N–H and O–H groups in total. The molecule has 0 aromatic heterocycles. The number of rotatable bonds is 1. The molecule has 2 rings (SSSR count). The molecule has 0 aromatic rings. The lowest BCUT2D eigenvalue weighted by molar-refractivity contribution is -0.133. The van der Waals surface area contributed by atoms with Crippen LogP contribution in [0.3, 0.4) is 0 Å². The summed E-state index contributed by atoms with van der Waals surface area (Å²) in [5.74, 6) is 1.94. The summed E-state index contributed by atoms with van der Waals surface area (Å²) in [5, 5.41) is 3.38. The van der Waals surface area contributed by atoms with Crippen LogP contribution in [0.4, 0.5) is 0 Å². The second-order valence-corrected chi connectivity index (χ2v) is 4.58. The molecule has 0 radical (unpaired) electrons. The summed E-state index contributed by atoms with van der Waals surface area (Å²) in [6, 6.07) is 0. The normalized spacial score (nSPS) is 30.4. The molecular formula is C10H19ClN2O. The van der Waals surface area contributed by atoms with Crippen molar-refractivity contribution in [1.82, 2.24) is 10.2 Å². The van der Waals surface area contributed by atoms with Crippen molar-refractivity contribution in [3.63, 3.8) is 0 Å². The summed E-state index contributed by atoms with van der Waals surface area (Å²) in [7, 11) is 0. The maximum atomic E-state index is 11.7. The molecular weight excluding hydrogens is 200 g/mol. The first-order valence-corrected chi connectivity index (χ1v) is 5.18. The molecule has 2 aliphatic rings. The average molecular weight is 219 g/mol. The first kappa shape index (κ1) is 11.8. The van der Waals surface area contributed by atoms with E-state index >= 15 is 0 Å². The Hall–Kier alpha value is -0.280. The van der Waals surface area contributed by atoms with Crippen LogP contribution in [0.2, 0.25) is 0 Å². The number of nitrogens with zero attached hydrogens (tertiary/aromatic N) is 1. The van der Waals surface area contributed by atoms with Crippen LogP contribution < -0.4 is 5.32 Å². The molecule has 0 aromatic carbocycles. The number of likely N-dealkylation sites (tertiary alicyclic amines) is 1. The van der Waals surface area contributed by atoms with E-state index in [9.17, 15) is 4.79 Å². The van der Waals surface area contributed by atoms with Gasteiger partial charge in [-0.05, 0) is 11.8 Å². The van der Waals surface area contributed by atoms with E-state index in [-0.39, 0.29) is 18.3 Å². The van der Waals surface area contributed by atoms with Crippen molar-refractivity contribution in [3.8, 4) is 0 Å². The lowest BCUT2D eigenvalue weighted by Crippen LogP contribution is -2.34. The second-order valence-electron chi connectivity index (χ2n) is 4.58. The van der Waals surface area contributed by atoms with E-state index in [0.29, 0.717) is 5.91 Å². The van der Waals surface area contributed by atoms with Gasteiger partial charge in [0.05, 0.1) is 0 Å². The quantitative estimate of drug-likeness (QED) is 0.704. The van der Waals surface area contributed by atoms with Gasteiger partial charge in [-0.15, -0.1) is 12.4 Å². The summed E-state index contributed by atoms with van der Waals surface area (Å²) in [4.78, 5) is 13.7. The zero-order valence-electron chi connectivity index (χ0n) is 8.82. The zero-order valence-corrected chi connectivity index (χ0v) is 9.64. The van der Waals surface area contributed by atoms with E-state index in [2.05, 4.69) is 5.32 Å². The number of carbonyl (C=O) groups is 1. The summed E-state index contributed by atoms with van der Waals surface area (Å²) < 4.78 is 0.